The van der Waals surface area contributed by atoms with Gasteiger partial charge in [-0.05, 0) is 17.7 Å². The molecule has 23 heavy (non-hydrogen) atoms. The molecule has 1 heterocycles. The minimum atomic E-state index is -4.41. The summed E-state index contributed by atoms with van der Waals surface area (Å²) in [6, 6.07) is 5.84. The number of hydrogen-bond donors (Lipinski definition) is 0. The molecule has 0 radical (unpaired) electrons. The van der Waals surface area contributed by atoms with Gasteiger partial charge in [0.2, 0.25) is 5.91 Å². The van der Waals surface area contributed by atoms with E-state index in [1.54, 1.807) is 17.0 Å². The average molecular weight is 334 g/mol. The molecular weight excluding hydrogens is 316 g/mol. The Morgan fingerprint density at radius 2 is 2.00 bits per heavy atom. The molecule has 0 aliphatic carbocycles. The Balaban J connectivity index is 1.91. The largest absolute Gasteiger partial charge is 0.406 e. The predicted molar refractivity (Wildman–Crippen MR) is 75.2 cm³/mol. The van der Waals surface area contributed by atoms with Gasteiger partial charge in [0.25, 0.3) is 0 Å². The maximum absolute atomic E-state index is 12.9. The molecule has 0 aromatic heterocycles. The number of halogens is 4. The van der Waals surface area contributed by atoms with Crippen molar-refractivity contribution in [3.8, 4) is 0 Å². The van der Waals surface area contributed by atoms with Gasteiger partial charge in [0.05, 0.1) is 19.3 Å². The fourth-order valence-electron chi connectivity index (χ4n) is 2.39. The van der Waals surface area contributed by atoms with Gasteiger partial charge >= 0.3 is 6.18 Å². The summed E-state index contributed by atoms with van der Waals surface area (Å²) in [5.74, 6) is -0.951. The Hall–Kier alpha value is -1.67. The molecule has 0 spiro atoms. The van der Waals surface area contributed by atoms with Crippen molar-refractivity contribution in [1.29, 1.82) is 0 Å². The lowest BCUT2D eigenvalue weighted by molar-refractivity contribution is -0.160. The monoisotopic (exact) mass is 334 g/mol. The normalized spacial score (nSPS) is 19.6. The molecule has 1 aliphatic heterocycles. The van der Waals surface area contributed by atoms with Crippen molar-refractivity contribution in [2.45, 2.75) is 12.3 Å². The number of hydrogen-bond acceptors (Lipinski definition) is 3. The quantitative estimate of drug-likeness (QED) is 0.792. The van der Waals surface area contributed by atoms with Crippen molar-refractivity contribution >= 4 is 5.91 Å². The summed E-state index contributed by atoms with van der Waals surface area (Å²) in [5, 5.41) is 0. The third-order valence-electron chi connectivity index (χ3n) is 3.59. The minimum Gasteiger partial charge on any atom is -0.371 e. The number of amides is 1. The van der Waals surface area contributed by atoms with Crippen LogP contribution in [0.4, 0.5) is 17.6 Å². The molecular formula is C15H18F4N2O2. The van der Waals surface area contributed by atoms with E-state index < -0.39 is 18.6 Å². The summed E-state index contributed by atoms with van der Waals surface area (Å²) in [7, 11) is 1.13. The SMILES string of the molecule is CN(CC(F)(F)F)C(=O)CN1CCO[C@@H](c2ccc(F)cc2)C1. The standard InChI is InChI=1S/C15H18F4N2O2/c1-20(10-15(17,18)19)14(22)9-21-6-7-23-13(8-21)11-2-4-12(16)5-3-11/h2-5,13H,6-10H2,1H3/t13-/m1/s1. The molecule has 1 saturated heterocycles. The molecule has 1 fully saturated rings. The number of alkyl halides is 3. The molecule has 0 bridgehead atoms. The van der Waals surface area contributed by atoms with E-state index in [9.17, 15) is 22.4 Å². The summed E-state index contributed by atoms with van der Waals surface area (Å²) in [5.41, 5.74) is 0.771. The lowest BCUT2D eigenvalue weighted by Crippen LogP contribution is -2.46. The summed E-state index contributed by atoms with van der Waals surface area (Å²) in [6.07, 6.45) is -4.74. The second kappa shape index (κ2) is 7.27. The van der Waals surface area contributed by atoms with E-state index in [2.05, 4.69) is 0 Å². The van der Waals surface area contributed by atoms with E-state index in [4.69, 9.17) is 4.74 Å². The third kappa shape index (κ3) is 5.47. The van der Waals surface area contributed by atoms with E-state index in [1.807, 2.05) is 0 Å². The van der Waals surface area contributed by atoms with E-state index in [0.717, 1.165) is 12.6 Å². The lowest BCUT2D eigenvalue weighted by atomic mass is 10.1. The van der Waals surface area contributed by atoms with Gasteiger partial charge in [0.1, 0.15) is 12.4 Å². The van der Waals surface area contributed by atoms with Crippen LogP contribution < -0.4 is 0 Å². The Morgan fingerprint density at radius 1 is 1.35 bits per heavy atom. The van der Waals surface area contributed by atoms with E-state index in [0.29, 0.717) is 24.6 Å². The molecule has 1 atom stereocenters. The Labute approximate surface area is 131 Å². The van der Waals surface area contributed by atoms with Crippen LogP contribution >= 0.6 is 0 Å². The van der Waals surface area contributed by atoms with E-state index >= 15 is 0 Å². The first-order chi connectivity index (χ1) is 10.7. The molecule has 8 heteroatoms. The fourth-order valence-corrected chi connectivity index (χ4v) is 2.39. The third-order valence-corrected chi connectivity index (χ3v) is 3.59. The number of rotatable bonds is 4. The first kappa shape index (κ1) is 17.7. The zero-order valence-corrected chi connectivity index (χ0v) is 12.6. The van der Waals surface area contributed by atoms with E-state index in [-0.39, 0.29) is 18.5 Å². The number of benzene rings is 1. The highest BCUT2D eigenvalue weighted by atomic mass is 19.4. The Morgan fingerprint density at radius 3 is 2.61 bits per heavy atom. The average Bonchev–Trinajstić information content (AvgIpc) is 2.46. The topological polar surface area (TPSA) is 32.8 Å². The molecule has 0 N–H and O–H groups in total. The summed E-state index contributed by atoms with van der Waals surface area (Å²) in [4.78, 5) is 14.3. The van der Waals surface area contributed by atoms with Crippen molar-refractivity contribution in [3.05, 3.63) is 35.6 Å². The smallest absolute Gasteiger partial charge is 0.371 e. The molecule has 1 aromatic carbocycles. The molecule has 1 amide bonds. The van der Waals surface area contributed by atoms with Gasteiger partial charge in [-0.15, -0.1) is 0 Å². The highest BCUT2D eigenvalue weighted by Gasteiger charge is 2.32. The zero-order valence-electron chi connectivity index (χ0n) is 12.6. The van der Waals surface area contributed by atoms with Crippen LogP contribution in [0, 0.1) is 5.82 Å². The maximum atomic E-state index is 12.9. The minimum absolute atomic E-state index is 0.104. The number of nitrogens with zero attached hydrogens (tertiary/aromatic N) is 2. The summed E-state index contributed by atoms with van der Waals surface area (Å²) < 4.78 is 55.4. The van der Waals surface area contributed by atoms with Crippen molar-refractivity contribution < 1.29 is 27.1 Å². The fraction of sp³-hybridized carbons (Fsp3) is 0.533. The van der Waals surface area contributed by atoms with Crippen LogP contribution in [0.5, 0.6) is 0 Å². The number of ether oxygens (including phenoxy) is 1. The summed E-state index contributed by atoms with van der Waals surface area (Å²) >= 11 is 0. The van der Waals surface area contributed by atoms with E-state index in [1.165, 1.54) is 12.1 Å². The second-order valence-electron chi connectivity index (χ2n) is 5.51. The number of carbonyl (C=O) groups is 1. The van der Waals surface area contributed by atoms with Crippen LogP contribution in [0.25, 0.3) is 0 Å². The van der Waals surface area contributed by atoms with Gasteiger partial charge in [-0.2, -0.15) is 13.2 Å². The van der Waals surface area contributed by atoms with Gasteiger partial charge < -0.3 is 9.64 Å². The first-order valence-electron chi connectivity index (χ1n) is 7.15. The highest BCUT2D eigenvalue weighted by molar-refractivity contribution is 5.78. The first-order valence-corrected chi connectivity index (χ1v) is 7.15. The Bertz CT molecular complexity index is 533. The van der Waals surface area contributed by atoms with Crippen LogP contribution in [0.3, 0.4) is 0 Å². The molecule has 2 rings (SSSR count). The molecule has 1 aliphatic rings. The number of carbonyl (C=O) groups excluding carboxylic acids is 1. The van der Waals surface area contributed by atoms with Gasteiger partial charge in [-0.1, -0.05) is 12.1 Å². The number of morpholine rings is 1. The van der Waals surface area contributed by atoms with Crippen LogP contribution in [0.2, 0.25) is 0 Å². The maximum Gasteiger partial charge on any atom is 0.406 e. The predicted octanol–water partition coefficient (Wildman–Crippen LogP) is 2.22. The van der Waals surface area contributed by atoms with Crippen molar-refractivity contribution in [3.63, 3.8) is 0 Å². The lowest BCUT2D eigenvalue weighted by Gasteiger charge is -2.33. The van der Waals surface area contributed by atoms with Gasteiger partial charge in [-0.25, -0.2) is 4.39 Å². The number of likely N-dealkylation sites (N-methyl/N-ethyl adjacent to an activating group) is 1. The van der Waals surface area contributed by atoms with Crippen LogP contribution in [0.15, 0.2) is 24.3 Å². The van der Waals surface area contributed by atoms with Gasteiger partial charge in [0, 0.05) is 20.1 Å². The molecule has 1 aromatic rings. The zero-order chi connectivity index (χ0) is 17.0. The van der Waals surface area contributed by atoms with Crippen LogP contribution in [0.1, 0.15) is 11.7 Å². The van der Waals surface area contributed by atoms with Gasteiger partial charge in [-0.3, -0.25) is 9.69 Å². The second-order valence-corrected chi connectivity index (χ2v) is 5.51. The molecule has 4 nitrogen and oxygen atoms in total. The van der Waals surface area contributed by atoms with Gasteiger partial charge in [0.15, 0.2) is 0 Å². The molecule has 0 saturated carbocycles. The van der Waals surface area contributed by atoms with Crippen molar-refractivity contribution in [2.24, 2.45) is 0 Å². The summed E-state index contributed by atoms with van der Waals surface area (Å²) in [6.45, 7) is -0.177. The van der Waals surface area contributed by atoms with Crippen molar-refractivity contribution in [2.75, 3.05) is 39.8 Å². The molecule has 128 valence electrons. The highest BCUT2D eigenvalue weighted by Crippen LogP contribution is 2.22. The molecule has 0 unspecified atom stereocenters. The van der Waals surface area contributed by atoms with Crippen LogP contribution in [-0.4, -0.2) is 61.7 Å². The van der Waals surface area contributed by atoms with Crippen molar-refractivity contribution in [1.82, 2.24) is 9.80 Å². The Kier molecular flexibility index (Phi) is 5.59. The van der Waals surface area contributed by atoms with Crippen LogP contribution in [-0.2, 0) is 9.53 Å².